The van der Waals surface area contributed by atoms with E-state index in [1.807, 2.05) is 0 Å². The monoisotopic (exact) mass is 349 g/mol. The van der Waals surface area contributed by atoms with Gasteiger partial charge in [-0.3, -0.25) is 4.79 Å². The maximum absolute atomic E-state index is 14.2. The number of hydrogen-bond donors (Lipinski definition) is 1. The van der Waals surface area contributed by atoms with Crippen molar-refractivity contribution in [2.24, 2.45) is 0 Å². The number of nitrogens with zero attached hydrogens (tertiary/aromatic N) is 1. The van der Waals surface area contributed by atoms with Gasteiger partial charge in [0, 0.05) is 5.56 Å². The fraction of sp³-hybridized carbons (Fsp3) is 0.0588. The highest BCUT2D eigenvalue weighted by molar-refractivity contribution is 5.81. The summed E-state index contributed by atoms with van der Waals surface area (Å²) >= 11 is 0. The summed E-state index contributed by atoms with van der Waals surface area (Å²) in [6.07, 6.45) is -0.829. The molecule has 3 rings (SSSR count). The van der Waals surface area contributed by atoms with Crippen LogP contribution in [0.15, 0.2) is 47.4 Å². The molecule has 0 aliphatic heterocycles. The lowest BCUT2D eigenvalue weighted by Gasteiger charge is -2.14. The Kier molecular flexibility index (Phi) is 4.18. The van der Waals surface area contributed by atoms with Gasteiger partial charge in [0.15, 0.2) is 5.75 Å². The van der Waals surface area contributed by atoms with E-state index < -0.39 is 41.3 Å². The molecule has 0 fully saturated rings. The van der Waals surface area contributed by atoms with Crippen molar-refractivity contribution in [1.82, 2.24) is 4.57 Å². The number of hydrogen-bond acceptors (Lipinski definition) is 3. The average molecular weight is 349 g/mol. The zero-order valence-electron chi connectivity index (χ0n) is 12.5. The van der Waals surface area contributed by atoms with Crippen molar-refractivity contribution in [3.8, 4) is 5.75 Å². The number of carbonyl (C=O) groups is 1. The van der Waals surface area contributed by atoms with Crippen molar-refractivity contribution < 1.29 is 27.8 Å². The molecule has 3 aromatic rings. The fourth-order valence-corrected chi connectivity index (χ4v) is 2.53. The normalized spacial score (nSPS) is 10.8. The van der Waals surface area contributed by atoms with E-state index in [1.54, 1.807) is 0 Å². The van der Waals surface area contributed by atoms with E-state index >= 15 is 0 Å². The number of aromatic nitrogens is 1. The minimum Gasteiger partial charge on any atom is -0.449 e. The van der Waals surface area contributed by atoms with E-state index in [4.69, 9.17) is 5.11 Å². The molecule has 0 amide bonds. The second-order valence-corrected chi connectivity index (χ2v) is 5.15. The van der Waals surface area contributed by atoms with E-state index in [9.17, 15) is 22.8 Å². The van der Waals surface area contributed by atoms with Crippen molar-refractivity contribution in [3.05, 3.63) is 75.8 Å². The van der Waals surface area contributed by atoms with Crippen molar-refractivity contribution in [1.29, 1.82) is 0 Å². The molecule has 0 saturated heterocycles. The standard InChI is InChI=1S/C17H10F3NO4/c18-11-4-2-5-12(19)10(11)7-21-8-14(25-17(23)24)16(22)9-3-1-6-13(20)15(9)21/h1-6,8H,7H2,(H,23,24). The summed E-state index contributed by atoms with van der Waals surface area (Å²) in [6.45, 7) is -0.466. The van der Waals surface area contributed by atoms with Gasteiger partial charge < -0.3 is 14.4 Å². The molecule has 128 valence electrons. The van der Waals surface area contributed by atoms with Gasteiger partial charge in [-0.15, -0.1) is 0 Å². The molecule has 1 N–H and O–H groups in total. The Morgan fingerprint density at radius 1 is 1.04 bits per heavy atom. The number of ether oxygens (including phenoxy) is 1. The molecule has 8 heteroatoms. The van der Waals surface area contributed by atoms with Gasteiger partial charge in [0.25, 0.3) is 0 Å². The van der Waals surface area contributed by atoms with E-state index in [0.29, 0.717) is 0 Å². The minimum absolute atomic E-state index is 0.171. The molecule has 5 nitrogen and oxygen atoms in total. The number of rotatable bonds is 3. The Morgan fingerprint density at radius 3 is 2.28 bits per heavy atom. The number of pyridine rings is 1. The lowest BCUT2D eigenvalue weighted by atomic mass is 10.1. The predicted molar refractivity (Wildman–Crippen MR) is 82.3 cm³/mol. The number of fused-ring (bicyclic) bond motifs is 1. The Bertz CT molecular complexity index is 1030. The summed E-state index contributed by atoms with van der Waals surface area (Å²) in [5.41, 5.74) is -1.42. The second kappa shape index (κ2) is 6.31. The van der Waals surface area contributed by atoms with Gasteiger partial charge in [-0.2, -0.15) is 0 Å². The van der Waals surface area contributed by atoms with E-state index in [-0.39, 0.29) is 16.5 Å². The first-order valence-corrected chi connectivity index (χ1v) is 7.04. The third kappa shape index (κ3) is 3.06. The first kappa shape index (κ1) is 16.6. The van der Waals surface area contributed by atoms with Crippen molar-refractivity contribution in [2.75, 3.05) is 0 Å². The highest BCUT2D eigenvalue weighted by Gasteiger charge is 2.17. The van der Waals surface area contributed by atoms with Crippen LogP contribution in [0.1, 0.15) is 5.56 Å². The summed E-state index contributed by atoms with van der Waals surface area (Å²) < 4.78 is 47.4. The predicted octanol–water partition coefficient (Wildman–Crippen LogP) is 3.52. The molecular weight excluding hydrogens is 339 g/mol. The van der Waals surface area contributed by atoms with Crippen LogP contribution in [0.25, 0.3) is 10.9 Å². The van der Waals surface area contributed by atoms with Crippen LogP contribution in [0.3, 0.4) is 0 Å². The summed E-state index contributed by atoms with van der Waals surface area (Å²) in [4.78, 5) is 23.0. The Balaban J connectivity index is 2.27. The van der Waals surface area contributed by atoms with Gasteiger partial charge >= 0.3 is 6.16 Å². The minimum atomic E-state index is -1.74. The van der Waals surface area contributed by atoms with E-state index in [1.165, 1.54) is 18.2 Å². The average Bonchev–Trinajstić information content (AvgIpc) is 2.54. The summed E-state index contributed by atoms with van der Waals surface area (Å²) in [5, 5.41) is 8.55. The van der Waals surface area contributed by atoms with Gasteiger partial charge in [0.2, 0.25) is 5.43 Å². The van der Waals surface area contributed by atoms with Gasteiger partial charge in [0.1, 0.15) is 17.5 Å². The van der Waals surface area contributed by atoms with Crippen LogP contribution in [-0.4, -0.2) is 15.8 Å². The maximum atomic E-state index is 14.2. The molecule has 0 bridgehead atoms. The molecule has 2 aromatic carbocycles. The topological polar surface area (TPSA) is 68.5 Å². The zero-order valence-corrected chi connectivity index (χ0v) is 12.5. The smallest absolute Gasteiger partial charge is 0.449 e. The molecule has 0 atom stereocenters. The van der Waals surface area contributed by atoms with Crippen LogP contribution < -0.4 is 10.2 Å². The van der Waals surface area contributed by atoms with Crippen LogP contribution in [0.5, 0.6) is 5.75 Å². The lowest BCUT2D eigenvalue weighted by molar-refractivity contribution is 0.144. The molecule has 0 spiro atoms. The summed E-state index contributed by atoms with van der Waals surface area (Å²) in [7, 11) is 0. The molecule has 1 aromatic heterocycles. The van der Waals surface area contributed by atoms with E-state index in [0.717, 1.165) is 29.0 Å². The quantitative estimate of drug-likeness (QED) is 0.735. The van der Waals surface area contributed by atoms with Gasteiger partial charge in [-0.05, 0) is 24.3 Å². The third-order valence-electron chi connectivity index (χ3n) is 3.60. The second-order valence-electron chi connectivity index (χ2n) is 5.15. The van der Waals surface area contributed by atoms with Crippen LogP contribution in [0, 0.1) is 17.5 Å². The lowest BCUT2D eigenvalue weighted by Crippen LogP contribution is -2.18. The highest BCUT2D eigenvalue weighted by Crippen LogP contribution is 2.22. The Morgan fingerprint density at radius 2 is 1.64 bits per heavy atom. The van der Waals surface area contributed by atoms with Crippen LogP contribution >= 0.6 is 0 Å². The number of benzene rings is 2. The Hall–Kier alpha value is -3.29. The molecule has 0 aliphatic carbocycles. The zero-order chi connectivity index (χ0) is 18.1. The van der Waals surface area contributed by atoms with Gasteiger partial charge in [-0.25, -0.2) is 18.0 Å². The van der Waals surface area contributed by atoms with Crippen LogP contribution in [0.4, 0.5) is 18.0 Å². The van der Waals surface area contributed by atoms with Crippen molar-refractivity contribution in [3.63, 3.8) is 0 Å². The van der Waals surface area contributed by atoms with Crippen LogP contribution in [0.2, 0.25) is 0 Å². The number of halogens is 3. The molecule has 0 aliphatic rings. The van der Waals surface area contributed by atoms with Gasteiger partial charge in [-0.1, -0.05) is 12.1 Å². The molecule has 1 heterocycles. The summed E-state index contributed by atoms with van der Waals surface area (Å²) in [6, 6.07) is 6.86. The SMILES string of the molecule is O=C(O)Oc1cn(Cc2c(F)cccc2F)c2c(F)cccc2c1=O. The molecule has 0 unspecified atom stereocenters. The fourth-order valence-electron chi connectivity index (χ4n) is 2.53. The first-order valence-electron chi connectivity index (χ1n) is 7.04. The number of para-hydroxylation sites is 1. The Labute approximate surface area is 138 Å². The number of carboxylic acid groups (broad SMARTS) is 1. The first-order chi connectivity index (χ1) is 11.9. The van der Waals surface area contributed by atoms with Crippen molar-refractivity contribution in [2.45, 2.75) is 6.54 Å². The molecule has 0 radical (unpaired) electrons. The van der Waals surface area contributed by atoms with Crippen molar-refractivity contribution >= 4 is 17.1 Å². The van der Waals surface area contributed by atoms with Crippen LogP contribution in [-0.2, 0) is 6.54 Å². The summed E-state index contributed by atoms with van der Waals surface area (Å²) in [5.74, 6) is -3.11. The third-order valence-corrected chi connectivity index (χ3v) is 3.60. The maximum Gasteiger partial charge on any atom is 0.511 e. The van der Waals surface area contributed by atoms with E-state index in [2.05, 4.69) is 4.74 Å². The molecular formula is C17H10F3NO4. The highest BCUT2D eigenvalue weighted by atomic mass is 19.1. The molecule has 25 heavy (non-hydrogen) atoms. The molecule has 0 saturated carbocycles. The van der Waals surface area contributed by atoms with Gasteiger partial charge in [0.05, 0.1) is 23.6 Å². The largest absolute Gasteiger partial charge is 0.511 e.